The Morgan fingerprint density at radius 2 is 2.05 bits per heavy atom. The Bertz CT molecular complexity index is 803. The van der Waals surface area contributed by atoms with Crippen LogP contribution in [0.25, 0.3) is 16.9 Å². The van der Waals surface area contributed by atoms with Gasteiger partial charge in [-0.05, 0) is 41.4 Å². The van der Waals surface area contributed by atoms with Crippen molar-refractivity contribution >= 4 is 38.7 Å². The van der Waals surface area contributed by atoms with E-state index in [9.17, 15) is 0 Å². The molecule has 0 aliphatic carbocycles. The van der Waals surface area contributed by atoms with Crippen LogP contribution in [0.5, 0.6) is 0 Å². The monoisotopic (exact) mass is 352 g/mol. The SMILES string of the molecule is Cc1cccc(-n2c(CCl)nc3c(C)nn(C)c32)c1Br. The van der Waals surface area contributed by atoms with Crippen LogP contribution in [0.4, 0.5) is 0 Å². The van der Waals surface area contributed by atoms with E-state index in [2.05, 4.69) is 49.6 Å². The van der Waals surface area contributed by atoms with Gasteiger partial charge in [0.1, 0.15) is 11.3 Å². The van der Waals surface area contributed by atoms with Gasteiger partial charge in [-0.3, -0.25) is 4.57 Å². The van der Waals surface area contributed by atoms with Crippen LogP contribution in [-0.4, -0.2) is 19.3 Å². The molecule has 0 amide bonds. The molecule has 2 aromatic heterocycles. The van der Waals surface area contributed by atoms with Gasteiger partial charge < -0.3 is 0 Å². The van der Waals surface area contributed by atoms with Crippen LogP contribution in [0.1, 0.15) is 17.1 Å². The lowest BCUT2D eigenvalue weighted by molar-refractivity contribution is 0.754. The van der Waals surface area contributed by atoms with Gasteiger partial charge in [0.25, 0.3) is 0 Å². The van der Waals surface area contributed by atoms with Crippen molar-refractivity contribution in [3.63, 3.8) is 0 Å². The van der Waals surface area contributed by atoms with Gasteiger partial charge in [-0.2, -0.15) is 5.10 Å². The van der Waals surface area contributed by atoms with Crippen molar-refractivity contribution in [2.75, 3.05) is 0 Å². The molecule has 0 spiro atoms. The molecule has 0 N–H and O–H groups in total. The molecule has 2 heterocycles. The fourth-order valence-electron chi connectivity index (χ4n) is 2.47. The molecule has 0 aliphatic rings. The van der Waals surface area contributed by atoms with Gasteiger partial charge >= 0.3 is 0 Å². The molecule has 0 saturated carbocycles. The summed E-state index contributed by atoms with van der Waals surface area (Å²) < 4.78 is 4.96. The van der Waals surface area contributed by atoms with Gasteiger partial charge in [0, 0.05) is 11.5 Å². The predicted molar refractivity (Wildman–Crippen MR) is 84.6 cm³/mol. The second-order valence-corrected chi connectivity index (χ2v) is 5.85. The molecule has 0 bridgehead atoms. The van der Waals surface area contributed by atoms with Gasteiger partial charge in [-0.1, -0.05) is 12.1 Å². The summed E-state index contributed by atoms with van der Waals surface area (Å²) in [5, 5.41) is 4.44. The Kier molecular flexibility index (Phi) is 3.34. The highest BCUT2D eigenvalue weighted by molar-refractivity contribution is 9.10. The number of imidazole rings is 1. The number of hydrogen-bond donors (Lipinski definition) is 0. The fraction of sp³-hybridized carbons (Fsp3) is 0.286. The number of alkyl halides is 1. The first-order valence-electron chi connectivity index (χ1n) is 6.27. The summed E-state index contributed by atoms with van der Waals surface area (Å²) in [5.74, 6) is 1.18. The summed E-state index contributed by atoms with van der Waals surface area (Å²) >= 11 is 9.74. The molecule has 0 fully saturated rings. The number of nitrogens with zero attached hydrogens (tertiary/aromatic N) is 4. The van der Waals surface area contributed by atoms with E-state index in [4.69, 9.17) is 11.6 Å². The van der Waals surface area contributed by atoms with Gasteiger partial charge in [0.2, 0.25) is 0 Å². The first-order valence-corrected chi connectivity index (χ1v) is 7.59. The number of hydrogen-bond acceptors (Lipinski definition) is 2. The molecule has 0 radical (unpaired) electrons. The van der Waals surface area contributed by atoms with Crippen molar-refractivity contribution in [1.82, 2.24) is 19.3 Å². The molecule has 0 atom stereocenters. The van der Waals surface area contributed by atoms with Crippen LogP contribution in [0.3, 0.4) is 0 Å². The first kappa shape index (κ1) is 13.6. The number of rotatable bonds is 2. The third-order valence-electron chi connectivity index (χ3n) is 3.40. The molecule has 3 rings (SSSR count). The first-order chi connectivity index (χ1) is 9.54. The molecule has 0 aliphatic heterocycles. The zero-order valence-electron chi connectivity index (χ0n) is 11.5. The predicted octanol–water partition coefficient (Wildman–Crippen LogP) is 3.88. The average Bonchev–Trinajstić information content (AvgIpc) is 2.92. The Balaban J connectivity index is 2.43. The molecule has 4 nitrogen and oxygen atoms in total. The molecule has 3 aromatic rings. The van der Waals surface area contributed by atoms with E-state index in [-0.39, 0.29) is 0 Å². The van der Waals surface area contributed by atoms with Crippen molar-refractivity contribution in [2.24, 2.45) is 7.05 Å². The zero-order valence-corrected chi connectivity index (χ0v) is 13.8. The number of fused-ring (bicyclic) bond motifs is 1. The third-order valence-corrected chi connectivity index (χ3v) is 4.67. The molecular formula is C14H14BrClN4. The van der Waals surface area contributed by atoms with Gasteiger partial charge in [0.05, 0.1) is 17.3 Å². The van der Waals surface area contributed by atoms with E-state index in [0.29, 0.717) is 5.88 Å². The van der Waals surface area contributed by atoms with E-state index in [0.717, 1.165) is 32.8 Å². The molecule has 0 saturated heterocycles. The maximum atomic E-state index is 6.08. The summed E-state index contributed by atoms with van der Waals surface area (Å²) in [4.78, 5) is 4.63. The minimum Gasteiger partial charge on any atom is -0.279 e. The largest absolute Gasteiger partial charge is 0.279 e. The standard InChI is InChI=1S/C14H14BrClN4/c1-8-5-4-6-10(12(8)15)20-11(7-16)17-13-9(2)18-19(3)14(13)20/h4-6H,7H2,1-3H3. The number of benzene rings is 1. The van der Waals surface area contributed by atoms with Gasteiger partial charge in [-0.25, -0.2) is 9.67 Å². The summed E-state index contributed by atoms with van der Waals surface area (Å²) in [6.07, 6.45) is 0. The van der Waals surface area contributed by atoms with Crippen LogP contribution in [0.15, 0.2) is 22.7 Å². The Labute approximate surface area is 130 Å². The Hall–Kier alpha value is -1.33. The summed E-state index contributed by atoms with van der Waals surface area (Å²) in [6, 6.07) is 6.15. The smallest absolute Gasteiger partial charge is 0.163 e. The highest BCUT2D eigenvalue weighted by Crippen LogP contribution is 2.30. The second kappa shape index (κ2) is 4.90. The fourth-order valence-corrected chi connectivity index (χ4v) is 3.09. The lowest BCUT2D eigenvalue weighted by Crippen LogP contribution is -2.05. The minimum absolute atomic E-state index is 0.356. The normalized spacial score (nSPS) is 11.4. The van der Waals surface area contributed by atoms with Crippen molar-refractivity contribution in [3.8, 4) is 5.69 Å². The zero-order chi connectivity index (χ0) is 14.4. The van der Waals surface area contributed by atoms with E-state index in [1.807, 2.05) is 24.7 Å². The Morgan fingerprint density at radius 1 is 1.30 bits per heavy atom. The van der Waals surface area contributed by atoms with Crippen molar-refractivity contribution in [1.29, 1.82) is 0 Å². The maximum absolute atomic E-state index is 6.08. The van der Waals surface area contributed by atoms with E-state index in [1.54, 1.807) is 0 Å². The molecule has 104 valence electrons. The van der Waals surface area contributed by atoms with Crippen molar-refractivity contribution < 1.29 is 0 Å². The molecule has 20 heavy (non-hydrogen) atoms. The van der Waals surface area contributed by atoms with E-state index < -0.39 is 0 Å². The highest BCUT2D eigenvalue weighted by Gasteiger charge is 2.19. The van der Waals surface area contributed by atoms with Crippen molar-refractivity contribution in [2.45, 2.75) is 19.7 Å². The van der Waals surface area contributed by atoms with Crippen LogP contribution in [0.2, 0.25) is 0 Å². The Morgan fingerprint density at radius 3 is 2.75 bits per heavy atom. The summed E-state index contributed by atoms with van der Waals surface area (Å²) in [6.45, 7) is 4.03. The highest BCUT2D eigenvalue weighted by atomic mass is 79.9. The number of aromatic nitrogens is 4. The maximum Gasteiger partial charge on any atom is 0.163 e. The number of halogens is 2. The van der Waals surface area contributed by atoms with Crippen LogP contribution in [0, 0.1) is 13.8 Å². The topological polar surface area (TPSA) is 35.6 Å². The second-order valence-electron chi connectivity index (χ2n) is 4.79. The average molecular weight is 354 g/mol. The lowest BCUT2D eigenvalue weighted by Gasteiger charge is -2.12. The summed E-state index contributed by atoms with van der Waals surface area (Å²) in [5.41, 5.74) is 4.98. The lowest BCUT2D eigenvalue weighted by atomic mass is 10.2. The molecule has 1 aromatic carbocycles. The quantitative estimate of drug-likeness (QED) is 0.656. The summed E-state index contributed by atoms with van der Waals surface area (Å²) in [7, 11) is 1.93. The van der Waals surface area contributed by atoms with Crippen LogP contribution in [-0.2, 0) is 12.9 Å². The van der Waals surface area contributed by atoms with Gasteiger partial charge in [-0.15, -0.1) is 11.6 Å². The third kappa shape index (κ3) is 1.88. The minimum atomic E-state index is 0.356. The molecule has 6 heteroatoms. The molecular weight excluding hydrogens is 340 g/mol. The van der Waals surface area contributed by atoms with Crippen molar-refractivity contribution in [3.05, 3.63) is 39.8 Å². The van der Waals surface area contributed by atoms with E-state index >= 15 is 0 Å². The van der Waals surface area contributed by atoms with Crippen LogP contribution < -0.4 is 0 Å². The molecule has 0 unspecified atom stereocenters. The van der Waals surface area contributed by atoms with E-state index in [1.165, 1.54) is 5.56 Å². The van der Waals surface area contributed by atoms with Gasteiger partial charge in [0.15, 0.2) is 5.65 Å². The number of aryl methyl sites for hydroxylation is 3. The van der Waals surface area contributed by atoms with Crippen LogP contribution >= 0.6 is 27.5 Å².